The van der Waals surface area contributed by atoms with Crippen LogP contribution in [0.5, 0.6) is 5.75 Å². The van der Waals surface area contributed by atoms with Crippen LogP contribution < -0.4 is 14.4 Å². The molecule has 4 rings (SSSR count). The van der Waals surface area contributed by atoms with Crippen molar-refractivity contribution in [3.63, 3.8) is 0 Å². The highest BCUT2D eigenvalue weighted by atomic mass is 35.5. The van der Waals surface area contributed by atoms with Gasteiger partial charge in [0.25, 0.3) is 10.0 Å². The van der Waals surface area contributed by atoms with Gasteiger partial charge in [-0.15, -0.1) is 0 Å². The lowest BCUT2D eigenvalue weighted by molar-refractivity contribution is -0.140. The fourth-order valence-corrected chi connectivity index (χ4v) is 7.02. The second-order valence-electron chi connectivity index (χ2n) is 10.9. The van der Waals surface area contributed by atoms with E-state index in [2.05, 4.69) is 5.32 Å². The highest BCUT2D eigenvalue weighted by Crippen LogP contribution is 2.27. The lowest BCUT2D eigenvalue weighted by atomic mass is 9.95. The Kier molecular flexibility index (Phi) is 11.1. The molecule has 3 aromatic rings. The van der Waals surface area contributed by atoms with E-state index in [0.29, 0.717) is 17.2 Å². The van der Waals surface area contributed by atoms with E-state index in [1.807, 2.05) is 38.1 Å². The van der Waals surface area contributed by atoms with E-state index in [4.69, 9.17) is 16.3 Å². The van der Waals surface area contributed by atoms with Gasteiger partial charge in [0.1, 0.15) is 18.3 Å². The number of carbonyl (C=O) groups excluding carboxylic acids is 2. The molecule has 1 aliphatic carbocycles. The van der Waals surface area contributed by atoms with Crippen molar-refractivity contribution in [1.82, 2.24) is 10.2 Å². The van der Waals surface area contributed by atoms with Crippen LogP contribution >= 0.6 is 11.6 Å². The minimum Gasteiger partial charge on any atom is -0.497 e. The van der Waals surface area contributed by atoms with Gasteiger partial charge in [-0.05, 0) is 80.3 Å². The van der Waals surface area contributed by atoms with E-state index in [0.717, 1.165) is 47.5 Å². The van der Waals surface area contributed by atoms with Crippen molar-refractivity contribution in [2.75, 3.05) is 18.0 Å². The first kappa shape index (κ1) is 32.4. The second-order valence-corrected chi connectivity index (χ2v) is 13.2. The fourth-order valence-electron chi connectivity index (χ4n) is 5.48. The van der Waals surface area contributed by atoms with Crippen molar-refractivity contribution in [2.24, 2.45) is 0 Å². The van der Waals surface area contributed by atoms with Crippen LogP contribution in [-0.4, -0.2) is 50.9 Å². The summed E-state index contributed by atoms with van der Waals surface area (Å²) < 4.78 is 34.3. The van der Waals surface area contributed by atoms with E-state index in [1.54, 1.807) is 36.4 Å². The predicted molar refractivity (Wildman–Crippen MR) is 170 cm³/mol. The molecule has 10 heteroatoms. The maximum atomic E-state index is 14.3. The number of hydrogen-bond donors (Lipinski definition) is 1. The summed E-state index contributed by atoms with van der Waals surface area (Å²) in [4.78, 5) is 29.4. The number of sulfonamides is 1. The molecule has 43 heavy (non-hydrogen) atoms. The molecule has 3 aromatic carbocycles. The van der Waals surface area contributed by atoms with Gasteiger partial charge < -0.3 is 15.0 Å². The van der Waals surface area contributed by atoms with Crippen molar-refractivity contribution >= 4 is 39.1 Å². The molecule has 1 fully saturated rings. The predicted octanol–water partition coefficient (Wildman–Crippen LogP) is 6.11. The van der Waals surface area contributed by atoms with Crippen molar-refractivity contribution in [3.8, 4) is 5.75 Å². The summed E-state index contributed by atoms with van der Waals surface area (Å²) in [6.45, 7) is 3.49. The molecule has 0 radical (unpaired) electrons. The van der Waals surface area contributed by atoms with Crippen LogP contribution in [0, 0.1) is 6.92 Å². The van der Waals surface area contributed by atoms with Gasteiger partial charge in [-0.1, -0.05) is 67.6 Å². The standard InChI is InChI=1S/C33H40ClN3O5S/c1-4-31(33(39)35-27-11-6-5-7-12-27)36(22-25-10-8-9-24(2)21-25)32(38)23-37(28-15-13-26(34)14-16-28)43(40,41)30-19-17-29(42-3)18-20-30/h8-10,13-21,27,31H,4-7,11-12,22-23H2,1-3H3,(H,35,39)/t31-/m1/s1. The number of benzene rings is 3. The van der Waals surface area contributed by atoms with Gasteiger partial charge in [-0.3, -0.25) is 13.9 Å². The summed E-state index contributed by atoms with van der Waals surface area (Å²) in [5.74, 6) is -0.196. The zero-order chi connectivity index (χ0) is 31.0. The van der Waals surface area contributed by atoms with Gasteiger partial charge in [0, 0.05) is 17.6 Å². The topological polar surface area (TPSA) is 96.0 Å². The maximum Gasteiger partial charge on any atom is 0.264 e. The summed E-state index contributed by atoms with van der Waals surface area (Å²) in [6, 6.07) is 19.3. The number of rotatable bonds is 12. The normalized spacial score (nSPS) is 14.5. The molecule has 0 saturated heterocycles. The first-order valence-corrected chi connectivity index (χ1v) is 16.5. The lowest BCUT2D eigenvalue weighted by Crippen LogP contribution is -2.54. The number of hydrogen-bond acceptors (Lipinski definition) is 5. The monoisotopic (exact) mass is 625 g/mol. The quantitative estimate of drug-likeness (QED) is 0.262. The highest BCUT2D eigenvalue weighted by Gasteiger charge is 2.34. The summed E-state index contributed by atoms with van der Waals surface area (Å²) >= 11 is 6.11. The molecule has 0 aliphatic heterocycles. The number of nitrogens with one attached hydrogen (secondary N) is 1. The number of ether oxygens (including phenoxy) is 1. The van der Waals surface area contributed by atoms with E-state index in [9.17, 15) is 18.0 Å². The number of methoxy groups -OCH3 is 1. The molecule has 2 amide bonds. The number of anilines is 1. The van der Waals surface area contributed by atoms with Crippen LogP contribution in [-0.2, 0) is 26.2 Å². The highest BCUT2D eigenvalue weighted by molar-refractivity contribution is 7.92. The van der Waals surface area contributed by atoms with E-state index in [-0.39, 0.29) is 29.1 Å². The van der Waals surface area contributed by atoms with Crippen LogP contribution in [0.2, 0.25) is 5.02 Å². The lowest BCUT2D eigenvalue weighted by Gasteiger charge is -2.34. The Labute approximate surface area is 260 Å². The van der Waals surface area contributed by atoms with Gasteiger partial charge in [-0.2, -0.15) is 0 Å². The molecule has 1 atom stereocenters. The fraction of sp³-hybridized carbons (Fsp3) is 0.394. The molecular formula is C33H40ClN3O5S. The smallest absolute Gasteiger partial charge is 0.264 e. The summed E-state index contributed by atoms with van der Waals surface area (Å²) in [5.41, 5.74) is 2.16. The number of amides is 2. The van der Waals surface area contributed by atoms with Gasteiger partial charge in [0.05, 0.1) is 17.7 Å². The number of carbonyl (C=O) groups is 2. The second kappa shape index (κ2) is 14.8. The summed E-state index contributed by atoms with van der Waals surface area (Å²) in [7, 11) is -2.69. The Morgan fingerprint density at radius 1 is 1.00 bits per heavy atom. The average molecular weight is 626 g/mol. The SMILES string of the molecule is CC[C@H](C(=O)NC1CCCCC1)N(Cc1cccc(C)c1)C(=O)CN(c1ccc(Cl)cc1)S(=O)(=O)c1ccc(OC)cc1. The zero-order valence-corrected chi connectivity index (χ0v) is 26.5. The van der Waals surface area contributed by atoms with Crippen molar-refractivity contribution in [1.29, 1.82) is 0 Å². The Hall–Kier alpha value is -3.56. The largest absolute Gasteiger partial charge is 0.497 e. The Morgan fingerprint density at radius 3 is 2.28 bits per heavy atom. The van der Waals surface area contributed by atoms with E-state index in [1.165, 1.54) is 24.1 Å². The number of nitrogens with zero attached hydrogens (tertiary/aromatic N) is 2. The van der Waals surface area contributed by atoms with Gasteiger partial charge in [0.2, 0.25) is 11.8 Å². The Bertz CT molecular complexity index is 1490. The minimum absolute atomic E-state index is 0.00312. The molecule has 0 spiro atoms. The molecule has 0 unspecified atom stereocenters. The van der Waals surface area contributed by atoms with Gasteiger partial charge >= 0.3 is 0 Å². The molecule has 8 nitrogen and oxygen atoms in total. The summed E-state index contributed by atoms with van der Waals surface area (Å²) in [6.07, 6.45) is 5.49. The van der Waals surface area contributed by atoms with Crippen LogP contribution in [0.15, 0.2) is 77.7 Å². The molecule has 230 valence electrons. The average Bonchev–Trinajstić information content (AvgIpc) is 3.00. The summed E-state index contributed by atoms with van der Waals surface area (Å²) in [5, 5.41) is 3.60. The molecule has 1 saturated carbocycles. The third-order valence-corrected chi connectivity index (χ3v) is 9.85. The Balaban J connectivity index is 1.70. The van der Waals surface area contributed by atoms with Crippen molar-refractivity contribution in [2.45, 2.75) is 75.9 Å². The maximum absolute atomic E-state index is 14.3. The van der Waals surface area contributed by atoms with Crippen molar-refractivity contribution in [3.05, 3.63) is 88.9 Å². The van der Waals surface area contributed by atoms with Crippen LogP contribution in [0.3, 0.4) is 0 Å². The van der Waals surface area contributed by atoms with E-state index >= 15 is 0 Å². The zero-order valence-electron chi connectivity index (χ0n) is 25.0. The number of halogens is 1. The third kappa shape index (κ3) is 8.30. The van der Waals surface area contributed by atoms with E-state index < -0.39 is 28.5 Å². The molecule has 1 N–H and O–H groups in total. The van der Waals surface area contributed by atoms with Crippen LogP contribution in [0.25, 0.3) is 0 Å². The van der Waals surface area contributed by atoms with Gasteiger partial charge in [0.15, 0.2) is 0 Å². The molecule has 0 heterocycles. The molecule has 1 aliphatic rings. The van der Waals surface area contributed by atoms with Crippen LogP contribution in [0.4, 0.5) is 5.69 Å². The van der Waals surface area contributed by atoms with Crippen molar-refractivity contribution < 1.29 is 22.7 Å². The minimum atomic E-state index is -4.19. The third-order valence-electron chi connectivity index (χ3n) is 7.81. The molecule has 0 aromatic heterocycles. The van der Waals surface area contributed by atoms with Crippen LogP contribution in [0.1, 0.15) is 56.6 Å². The van der Waals surface area contributed by atoms with Gasteiger partial charge in [-0.25, -0.2) is 8.42 Å². The first-order chi connectivity index (χ1) is 20.6. The number of aryl methyl sites for hydroxylation is 1. The molecular weight excluding hydrogens is 586 g/mol. The molecule has 0 bridgehead atoms. The Morgan fingerprint density at radius 2 is 1.67 bits per heavy atom. The first-order valence-electron chi connectivity index (χ1n) is 14.7.